The van der Waals surface area contributed by atoms with Crippen LogP contribution in [0, 0.1) is 20.8 Å². The first-order valence-corrected chi connectivity index (χ1v) is 9.34. The number of Topliss-reactive ketones (excluding diaryl/α,β-unsaturated/α-hetero) is 1. The Kier molecular flexibility index (Phi) is 7.35. The van der Waals surface area contributed by atoms with Gasteiger partial charge in [0.2, 0.25) is 11.7 Å². The molecule has 6 heteroatoms. The smallest absolute Gasteiger partial charge is 0.308 e. The highest BCUT2D eigenvalue weighted by Gasteiger charge is 2.20. The second kappa shape index (κ2) is 9.51. The standard InChI is InChI=1S/C22H24ClNO4/c1-13-9-15(3)19(10-14(13)2)21(26)12-28-22(27)11-20(24-16(4)25)17-5-7-18(23)8-6-17/h5-10,20H,11-12H2,1-4H3,(H,24,25). The molecule has 0 saturated carbocycles. The largest absolute Gasteiger partial charge is 0.457 e. The van der Waals surface area contributed by atoms with Crippen LogP contribution in [0.2, 0.25) is 5.02 Å². The summed E-state index contributed by atoms with van der Waals surface area (Å²) in [7, 11) is 0. The van der Waals surface area contributed by atoms with Crippen molar-refractivity contribution in [1.29, 1.82) is 0 Å². The number of benzene rings is 2. The number of nitrogens with one attached hydrogen (secondary N) is 1. The number of hydrogen-bond donors (Lipinski definition) is 1. The van der Waals surface area contributed by atoms with Crippen LogP contribution < -0.4 is 5.32 Å². The van der Waals surface area contributed by atoms with E-state index in [0.717, 1.165) is 22.3 Å². The first-order chi connectivity index (χ1) is 13.2. The van der Waals surface area contributed by atoms with E-state index in [1.165, 1.54) is 6.92 Å². The highest BCUT2D eigenvalue weighted by Crippen LogP contribution is 2.20. The lowest BCUT2D eigenvalue weighted by Crippen LogP contribution is -2.29. The summed E-state index contributed by atoms with van der Waals surface area (Å²) in [5.41, 5.74) is 4.24. The van der Waals surface area contributed by atoms with Gasteiger partial charge in [-0.2, -0.15) is 0 Å². The molecule has 2 aromatic rings. The van der Waals surface area contributed by atoms with Crippen LogP contribution in [0.25, 0.3) is 0 Å². The lowest BCUT2D eigenvalue weighted by atomic mass is 9.98. The zero-order valence-electron chi connectivity index (χ0n) is 16.5. The van der Waals surface area contributed by atoms with Crippen LogP contribution in [0.3, 0.4) is 0 Å². The van der Waals surface area contributed by atoms with Crippen LogP contribution in [0.15, 0.2) is 36.4 Å². The van der Waals surface area contributed by atoms with Crippen LogP contribution in [0.4, 0.5) is 0 Å². The molecule has 28 heavy (non-hydrogen) atoms. The third-order valence-electron chi connectivity index (χ3n) is 4.53. The molecule has 1 unspecified atom stereocenters. The minimum atomic E-state index is -0.566. The molecule has 1 N–H and O–H groups in total. The summed E-state index contributed by atoms with van der Waals surface area (Å²) in [6, 6.07) is 10.0. The summed E-state index contributed by atoms with van der Waals surface area (Å²) < 4.78 is 5.17. The monoisotopic (exact) mass is 401 g/mol. The third kappa shape index (κ3) is 5.92. The summed E-state index contributed by atoms with van der Waals surface area (Å²) >= 11 is 5.89. The van der Waals surface area contributed by atoms with Crippen LogP contribution in [0.5, 0.6) is 0 Å². The Labute approximate surface area is 170 Å². The summed E-state index contributed by atoms with van der Waals surface area (Å²) in [6.07, 6.45) is -0.0829. The van der Waals surface area contributed by atoms with Gasteiger partial charge in [-0.25, -0.2) is 0 Å². The van der Waals surface area contributed by atoms with E-state index in [0.29, 0.717) is 10.6 Å². The molecule has 0 aliphatic carbocycles. The van der Waals surface area contributed by atoms with Gasteiger partial charge in [0, 0.05) is 17.5 Å². The van der Waals surface area contributed by atoms with Crippen LogP contribution >= 0.6 is 11.6 Å². The second-order valence-electron chi connectivity index (χ2n) is 6.84. The third-order valence-corrected chi connectivity index (χ3v) is 4.78. The van der Waals surface area contributed by atoms with Crippen molar-refractivity contribution in [2.45, 2.75) is 40.2 Å². The van der Waals surface area contributed by atoms with E-state index in [1.807, 2.05) is 32.9 Å². The van der Waals surface area contributed by atoms with Gasteiger partial charge in [0.25, 0.3) is 0 Å². The maximum Gasteiger partial charge on any atom is 0.308 e. The van der Waals surface area contributed by atoms with E-state index in [-0.39, 0.29) is 24.7 Å². The lowest BCUT2D eigenvalue weighted by molar-refractivity contribution is -0.143. The molecule has 5 nitrogen and oxygen atoms in total. The first-order valence-electron chi connectivity index (χ1n) is 8.96. The maximum atomic E-state index is 12.4. The topological polar surface area (TPSA) is 72.5 Å². The number of carbonyl (C=O) groups is 3. The number of halogens is 1. The van der Waals surface area contributed by atoms with Crippen molar-refractivity contribution in [3.8, 4) is 0 Å². The van der Waals surface area contributed by atoms with E-state index < -0.39 is 12.0 Å². The fraction of sp³-hybridized carbons (Fsp3) is 0.318. The van der Waals surface area contributed by atoms with Crippen LogP contribution in [-0.4, -0.2) is 24.3 Å². The average molecular weight is 402 g/mol. The van der Waals surface area contributed by atoms with E-state index >= 15 is 0 Å². The fourth-order valence-corrected chi connectivity index (χ4v) is 3.03. The van der Waals surface area contributed by atoms with Crippen molar-refractivity contribution in [3.05, 3.63) is 69.2 Å². The summed E-state index contributed by atoms with van der Waals surface area (Å²) in [4.78, 5) is 36.2. The molecule has 0 aliphatic heterocycles. The summed E-state index contributed by atoms with van der Waals surface area (Å²) in [5, 5.41) is 3.28. The minimum absolute atomic E-state index is 0.0829. The number of amides is 1. The molecule has 0 fully saturated rings. The zero-order chi connectivity index (χ0) is 20.8. The SMILES string of the molecule is CC(=O)NC(CC(=O)OCC(=O)c1cc(C)c(C)cc1C)c1ccc(Cl)cc1. The predicted octanol–water partition coefficient (Wildman–Crippen LogP) is 4.26. The molecule has 2 aromatic carbocycles. The molecule has 0 aromatic heterocycles. The van der Waals surface area contributed by atoms with Gasteiger partial charge in [-0.15, -0.1) is 0 Å². The molecule has 0 heterocycles. The molecule has 0 spiro atoms. The fourth-order valence-electron chi connectivity index (χ4n) is 2.90. The highest BCUT2D eigenvalue weighted by atomic mass is 35.5. The Morgan fingerprint density at radius 2 is 1.61 bits per heavy atom. The highest BCUT2D eigenvalue weighted by molar-refractivity contribution is 6.30. The van der Waals surface area contributed by atoms with E-state index in [9.17, 15) is 14.4 Å². The first kappa shape index (κ1) is 21.6. The van der Waals surface area contributed by atoms with E-state index in [2.05, 4.69) is 5.32 Å². The van der Waals surface area contributed by atoms with Crippen molar-refractivity contribution in [3.63, 3.8) is 0 Å². The molecule has 0 bridgehead atoms. The molecule has 1 atom stereocenters. The number of hydrogen-bond acceptors (Lipinski definition) is 4. The second-order valence-corrected chi connectivity index (χ2v) is 7.28. The van der Waals surface area contributed by atoms with Gasteiger partial charge in [0.05, 0.1) is 12.5 Å². The molecule has 148 valence electrons. The number of rotatable bonds is 7. The van der Waals surface area contributed by atoms with Gasteiger partial charge in [0.1, 0.15) is 0 Å². The molecule has 0 saturated heterocycles. The van der Waals surface area contributed by atoms with Gasteiger partial charge >= 0.3 is 5.97 Å². The van der Waals surface area contributed by atoms with Crippen LogP contribution in [0.1, 0.15) is 52.0 Å². The Hall–Kier alpha value is -2.66. The number of esters is 1. The van der Waals surface area contributed by atoms with Crippen molar-refractivity contribution in [2.75, 3.05) is 6.61 Å². The van der Waals surface area contributed by atoms with E-state index in [1.54, 1.807) is 24.3 Å². The zero-order valence-corrected chi connectivity index (χ0v) is 17.2. The van der Waals surface area contributed by atoms with Gasteiger partial charge in [-0.3, -0.25) is 14.4 Å². The summed E-state index contributed by atoms with van der Waals surface area (Å²) in [5.74, 6) is -1.09. The Bertz CT molecular complexity index is 890. The number of carbonyl (C=O) groups excluding carboxylic acids is 3. The van der Waals surface area contributed by atoms with Crippen LogP contribution in [-0.2, 0) is 14.3 Å². The van der Waals surface area contributed by atoms with Gasteiger partial charge in [-0.1, -0.05) is 29.8 Å². The van der Waals surface area contributed by atoms with Crippen molar-refractivity contribution in [1.82, 2.24) is 5.32 Å². The molecular weight excluding hydrogens is 378 g/mol. The van der Waals surface area contributed by atoms with Crippen molar-refractivity contribution < 1.29 is 19.1 Å². The molecule has 0 aliphatic rings. The van der Waals surface area contributed by atoms with Crippen molar-refractivity contribution >= 4 is 29.3 Å². The number of ether oxygens (including phenoxy) is 1. The molecule has 2 rings (SSSR count). The molecule has 1 amide bonds. The Morgan fingerprint density at radius 1 is 1.00 bits per heavy atom. The number of aryl methyl sites for hydroxylation is 3. The van der Waals surface area contributed by atoms with E-state index in [4.69, 9.17) is 16.3 Å². The quantitative estimate of drug-likeness (QED) is 0.555. The maximum absolute atomic E-state index is 12.4. The molecular formula is C22H24ClNO4. The average Bonchev–Trinajstić information content (AvgIpc) is 2.62. The van der Waals surface area contributed by atoms with Gasteiger partial charge < -0.3 is 10.1 Å². The normalized spacial score (nSPS) is 11.6. The van der Waals surface area contributed by atoms with Gasteiger partial charge in [-0.05, 0) is 61.2 Å². The minimum Gasteiger partial charge on any atom is -0.457 e. The predicted molar refractivity (Wildman–Crippen MR) is 109 cm³/mol. The molecule has 0 radical (unpaired) electrons. The lowest BCUT2D eigenvalue weighted by Gasteiger charge is -2.18. The summed E-state index contributed by atoms with van der Waals surface area (Å²) in [6.45, 7) is 6.81. The Balaban J connectivity index is 2.02. The van der Waals surface area contributed by atoms with Crippen molar-refractivity contribution in [2.24, 2.45) is 0 Å². The number of ketones is 1. The van der Waals surface area contributed by atoms with Gasteiger partial charge in [0.15, 0.2) is 6.61 Å². The Morgan fingerprint density at radius 3 is 2.21 bits per heavy atom.